The number of anilines is 1. The molecule has 3 aliphatic heterocycles. The van der Waals surface area contributed by atoms with E-state index >= 15 is 0 Å². The molecule has 2 fully saturated rings. The first-order valence-corrected chi connectivity index (χ1v) is 8.16. The molecule has 0 radical (unpaired) electrons. The molecule has 0 saturated carbocycles. The van der Waals surface area contributed by atoms with Crippen LogP contribution in [0.4, 0.5) is 5.69 Å². The number of amides is 1. The smallest absolute Gasteiger partial charge is 0.241 e. The third kappa shape index (κ3) is 3.00. The van der Waals surface area contributed by atoms with Crippen molar-refractivity contribution in [2.45, 2.75) is 37.8 Å². The largest absolute Gasteiger partial charge is 0.311 e. The molecule has 120 valence electrons. The fourth-order valence-electron chi connectivity index (χ4n) is 4.03. The van der Waals surface area contributed by atoms with Crippen molar-refractivity contribution < 1.29 is 4.79 Å². The van der Waals surface area contributed by atoms with Gasteiger partial charge < -0.3 is 10.2 Å². The zero-order valence-electron chi connectivity index (χ0n) is 12.8. The van der Waals surface area contributed by atoms with Gasteiger partial charge in [0.15, 0.2) is 0 Å². The topological polar surface area (TPSA) is 35.6 Å². The van der Waals surface area contributed by atoms with E-state index in [4.69, 9.17) is 0 Å². The van der Waals surface area contributed by atoms with E-state index in [1.165, 1.54) is 24.8 Å². The van der Waals surface area contributed by atoms with Crippen LogP contribution in [-0.4, -0.2) is 49.1 Å². The summed E-state index contributed by atoms with van der Waals surface area (Å²) in [5.74, 6) is 0.262. The van der Waals surface area contributed by atoms with Gasteiger partial charge in [-0.05, 0) is 37.3 Å². The van der Waals surface area contributed by atoms with Crippen molar-refractivity contribution in [3.63, 3.8) is 0 Å². The summed E-state index contributed by atoms with van der Waals surface area (Å²) >= 11 is 0. The molecule has 1 aromatic rings. The summed E-state index contributed by atoms with van der Waals surface area (Å²) in [5, 5.41) is 3.67. The number of benzene rings is 1. The van der Waals surface area contributed by atoms with Gasteiger partial charge in [-0.3, -0.25) is 9.69 Å². The summed E-state index contributed by atoms with van der Waals surface area (Å²) < 4.78 is 0. The number of rotatable bonds is 2. The molecule has 0 spiro atoms. The molecule has 22 heavy (non-hydrogen) atoms. The van der Waals surface area contributed by atoms with Crippen LogP contribution < -0.4 is 10.2 Å². The summed E-state index contributed by atoms with van der Waals surface area (Å²) in [6.45, 7) is 3.49. The molecule has 2 bridgehead atoms. The number of halogens is 1. The molecular weight excluding hydrogens is 298 g/mol. The first-order valence-electron chi connectivity index (χ1n) is 8.16. The monoisotopic (exact) mass is 321 g/mol. The van der Waals surface area contributed by atoms with Crippen molar-refractivity contribution in [1.82, 2.24) is 10.2 Å². The third-order valence-corrected chi connectivity index (χ3v) is 5.15. The lowest BCUT2D eigenvalue weighted by Crippen LogP contribution is -2.43. The number of fused-ring (bicyclic) bond motifs is 3. The van der Waals surface area contributed by atoms with E-state index in [-0.39, 0.29) is 18.3 Å². The van der Waals surface area contributed by atoms with Crippen LogP contribution in [0.2, 0.25) is 0 Å². The van der Waals surface area contributed by atoms with Crippen LogP contribution in [0.1, 0.15) is 24.8 Å². The fourth-order valence-corrected chi connectivity index (χ4v) is 4.03. The molecule has 4 rings (SSSR count). The number of carbonyl (C=O) groups is 1. The van der Waals surface area contributed by atoms with Crippen molar-refractivity contribution in [3.05, 3.63) is 29.8 Å². The van der Waals surface area contributed by atoms with E-state index in [0.717, 1.165) is 31.7 Å². The molecular formula is C17H24ClN3O. The van der Waals surface area contributed by atoms with Gasteiger partial charge >= 0.3 is 0 Å². The molecule has 2 atom stereocenters. The van der Waals surface area contributed by atoms with Crippen molar-refractivity contribution in [2.24, 2.45) is 0 Å². The first-order chi connectivity index (χ1) is 10.3. The number of hydrogen-bond donors (Lipinski definition) is 1. The molecule has 5 heteroatoms. The van der Waals surface area contributed by atoms with Gasteiger partial charge in [0.25, 0.3) is 0 Å². The predicted molar refractivity (Wildman–Crippen MR) is 90.7 cm³/mol. The van der Waals surface area contributed by atoms with Crippen LogP contribution in [-0.2, 0) is 11.2 Å². The molecule has 0 aromatic heterocycles. The highest BCUT2D eigenvalue weighted by Crippen LogP contribution is 2.28. The van der Waals surface area contributed by atoms with Crippen molar-refractivity contribution >= 4 is 24.0 Å². The molecule has 0 aliphatic carbocycles. The number of nitrogens with one attached hydrogen (secondary N) is 1. The molecule has 2 saturated heterocycles. The van der Waals surface area contributed by atoms with Gasteiger partial charge in [0.1, 0.15) is 0 Å². The summed E-state index contributed by atoms with van der Waals surface area (Å²) in [6.07, 6.45) is 4.75. The van der Waals surface area contributed by atoms with Crippen molar-refractivity contribution in [3.8, 4) is 0 Å². The molecule has 3 heterocycles. The minimum absolute atomic E-state index is 0. The number of carbonyl (C=O) groups excluding carboxylic acids is 1. The Bertz CT molecular complexity index is 550. The Kier molecular flexibility index (Phi) is 4.71. The highest BCUT2D eigenvalue weighted by molar-refractivity contribution is 5.96. The maximum absolute atomic E-state index is 12.7. The van der Waals surface area contributed by atoms with Crippen LogP contribution in [0, 0.1) is 0 Å². The zero-order valence-corrected chi connectivity index (χ0v) is 13.6. The normalized spacial score (nSPS) is 27.2. The van der Waals surface area contributed by atoms with Crippen LogP contribution >= 0.6 is 12.4 Å². The van der Waals surface area contributed by atoms with Gasteiger partial charge in [-0.2, -0.15) is 0 Å². The fraction of sp³-hybridized carbons (Fsp3) is 0.588. The average molecular weight is 322 g/mol. The van der Waals surface area contributed by atoms with Gasteiger partial charge in [0.2, 0.25) is 5.91 Å². The highest BCUT2D eigenvalue weighted by atomic mass is 35.5. The summed E-state index contributed by atoms with van der Waals surface area (Å²) in [5.41, 5.74) is 2.43. The molecule has 2 unspecified atom stereocenters. The minimum Gasteiger partial charge on any atom is -0.311 e. The van der Waals surface area contributed by atoms with Crippen LogP contribution in [0.3, 0.4) is 0 Å². The van der Waals surface area contributed by atoms with E-state index in [0.29, 0.717) is 18.6 Å². The molecule has 3 aliphatic rings. The molecule has 4 nitrogen and oxygen atoms in total. The van der Waals surface area contributed by atoms with Crippen LogP contribution in [0.15, 0.2) is 24.3 Å². The van der Waals surface area contributed by atoms with E-state index in [1.807, 2.05) is 11.0 Å². The van der Waals surface area contributed by atoms with Gasteiger partial charge in [0, 0.05) is 37.4 Å². The summed E-state index contributed by atoms with van der Waals surface area (Å²) in [6, 6.07) is 9.58. The number of likely N-dealkylation sites (tertiary alicyclic amines) is 1. The maximum Gasteiger partial charge on any atom is 0.241 e. The van der Waals surface area contributed by atoms with Gasteiger partial charge in [0.05, 0.1) is 6.54 Å². The van der Waals surface area contributed by atoms with Crippen LogP contribution in [0.25, 0.3) is 0 Å². The van der Waals surface area contributed by atoms with Crippen LogP contribution in [0.5, 0.6) is 0 Å². The lowest BCUT2D eigenvalue weighted by Gasteiger charge is -2.26. The Labute approximate surface area is 138 Å². The highest BCUT2D eigenvalue weighted by Gasteiger charge is 2.31. The SMILES string of the molecule is Cl.O=C(CN1CCC2CCC(C1)N2)N1CCc2ccccc21. The molecule has 1 N–H and O–H groups in total. The first kappa shape index (κ1) is 15.8. The second-order valence-corrected chi connectivity index (χ2v) is 6.59. The lowest BCUT2D eigenvalue weighted by molar-refractivity contribution is -0.119. The Morgan fingerprint density at radius 2 is 1.95 bits per heavy atom. The Hall–Kier alpha value is -1.10. The summed E-state index contributed by atoms with van der Waals surface area (Å²) in [7, 11) is 0. The second kappa shape index (κ2) is 6.57. The molecule has 1 aromatic carbocycles. The number of nitrogens with zero attached hydrogens (tertiary/aromatic N) is 2. The second-order valence-electron chi connectivity index (χ2n) is 6.59. The third-order valence-electron chi connectivity index (χ3n) is 5.15. The van der Waals surface area contributed by atoms with Gasteiger partial charge in [-0.25, -0.2) is 0 Å². The lowest BCUT2D eigenvalue weighted by atomic mass is 10.1. The average Bonchev–Trinajstić information content (AvgIpc) is 3.05. The van der Waals surface area contributed by atoms with E-state index in [1.54, 1.807) is 0 Å². The standard InChI is InChI=1S/C17H23N3O.ClH/c21-17(20-10-7-13-3-1-2-4-16(13)20)12-19-9-8-14-5-6-15(11-19)18-14;/h1-4,14-15,18H,5-12H2;1H. The van der Waals surface area contributed by atoms with E-state index in [2.05, 4.69) is 28.4 Å². The number of para-hydroxylation sites is 1. The molecule has 1 amide bonds. The predicted octanol–water partition coefficient (Wildman–Crippen LogP) is 1.82. The zero-order chi connectivity index (χ0) is 14.2. The summed E-state index contributed by atoms with van der Waals surface area (Å²) in [4.78, 5) is 17.0. The Balaban J connectivity index is 0.00000144. The Morgan fingerprint density at radius 3 is 2.86 bits per heavy atom. The van der Waals surface area contributed by atoms with E-state index in [9.17, 15) is 4.79 Å². The minimum atomic E-state index is 0. The quantitative estimate of drug-likeness (QED) is 0.902. The maximum atomic E-state index is 12.7. The van der Waals surface area contributed by atoms with Crippen molar-refractivity contribution in [1.29, 1.82) is 0 Å². The van der Waals surface area contributed by atoms with Gasteiger partial charge in [-0.1, -0.05) is 18.2 Å². The van der Waals surface area contributed by atoms with E-state index < -0.39 is 0 Å². The van der Waals surface area contributed by atoms with Crippen molar-refractivity contribution in [2.75, 3.05) is 31.1 Å². The number of hydrogen-bond acceptors (Lipinski definition) is 3. The Morgan fingerprint density at radius 1 is 1.14 bits per heavy atom. The van der Waals surface area contributed by atoms with Gasteiger partial charge in [-0.15, -0.1) is 12.4 Å².